The van der Waals surface area contributed by atoms with E-state index in [0.29, 0.717) is 46.7 Å². The van der Waals surface area contributed by atoms with E-state index in [-0.39, 0.29) is 11.3 Å². The Bertz CT molecular complexity index is 1730. The Labute approximate surface area is 208 Å². The van der Waals surface area contributed by atoms with Crippen molar-refractivity contribution in [2.45, 2.75) is 25.3 Å². The third-order valence-electron chi connectivity index (χ3n) is 6.59. The molecule has 0 spiro atoms. The molecule has 0 radical (unpaired) electrons. The molecule has 1 aliphatic heterocycles. The zero-order chi connectivity index (χ0) is 25.1. The van der Waals surface area contributed by atoms with Crippen molar-refractivity contribution >= 4 is 22.5 Å². The molecule has 2 atom stereocenters. The number of furan rings is 1. The number of aromatic nitrogens is 5. The molecule has 5 aromatic rings. The summed E-state index contributed by atoms with van der Waals surface area (Å²) in [5.41, 5.74) is 1.04. The molecule has 1 aromatic carbocycles. The normalized spacial score (nSPS) is 17.6. The molecule has 11 heteroatoms. The van der Waals surface area contributed by atoms with E-state index in [2.05, 4.69) is 4.98 Å². The number of nitrogens with zero attached hydrogens (tertiary/aromatic N) is 5. The van der Waals surface area contributed by atoms with Gasteiger partial charge in [-0.3, -0.25) is 13.9 Å². The Morgan fingerprint density at radius 2 is 2.00 bits per heavy atom. The maximum absolute atomic E-state index is 14.4. The van der Waals surface area contributed by atoms with Crippen molar-refractivity contribution in [2.24, 2.45) is 14.1 Å². The van der Waals surface area contributed by atoms with Crippen molar-refractivity contribution in [3.05, 3.63) is 98.4 Å². The van der Waals surface area contributed by atoms with Crippen LogP contribution in [0.4, 0.5) is 4.39 Å². The van der Waals surface area contributed by atoms with E-state index in [1.54, 1.807) is 43.8 Å². The van der Waals surface area contributed by atoms with Crippen molar-refractivity contribution in [3.63, 3.8) is 0 Å². The molecule has 5 heterocycles. The summed E-state index contributed by atoms with van der Waals surface area (Å²) in [5.74, 6) is -0.0101. The van der Waals surface area contributed by atoms with Crippen LogP contribution in [0.3, 0.4) is 0 Å². The number of aryl methyl sites for hydroxylation is 1. The predicted molar refractivity (Wildman–Crippen MR) is 130 cm³/mol. The summed E-state index contributed by atoms with van der Waals surface area (Å²) in [6.07, 6.45) is 4.06. The van der Waals surface area contributed by atoms with Crippen molar-refractivity contribution in [1.82, 2.24) is 23.3 Å². The third-order valence-corrected chi connectivity index (χ3v) is 6.80. The molecule has 0 aliphatic carbocycles. The van der Waals surface area contributed by atoms with Crippen LogP contribution in [-0.2, 0) is 31.9 Å². The van der Waals surface area contributed by atoms with Gasteiger partial charge in [0.1, 0.15) is 11.6 Å². The standard InChI is InChI=1S/C25H21ClFN5O4/c1-29-21-19(24(33)30(2)25(29)34)20(14-4-3-5-15(27)10-14)32-12-16(11-31-9-8-28-13-31)35-23(22(21)32)17-6-7-18(26)36-17/h3-10,13,16,23H,11-12H2,1-2H3/t16-,23?/m0/s1. The fourth-order valence-corrected chi connectivity index (χ4v) is 5.19. The zero-order valence-corrected chi connectivity index (χ0v) is 20.1. The summed E-state index contributed by atoms with van der Waals surface area (Å²) in [7, 11) is 3.03. The van der Waals surface area contributed by atoms with E-state index >= 15 is 0 Å². The molecule has 1 unspecified atom stereocenters. The highest BCUT2D eigenvalue weighted by Crippen LogP contribution is 2.43. The second kappa shape index (κ2) is 8.35. The minimum absolute atomic E-state index is 0.183. The molecule has 0 amide bonds. The van der Waals surface area contributed by atoms with Crippen molar-refractivity contribution in [1.29, 1.82) is 0 Å². The molecule has 0 saturated carbocycles. The molecule has 9 nitrogen and oxygen atoms in total. The lowest BCUT2D eigenvalue weighted by molar-refractivity contribution is -0.0422. The van der Waals surface area contributed by atoms with Crippen LogP contribution in [0.5, 0.6) is 0 Å². The lowest BCUT2D eigenvalue weighted by Crippen LogP contribution is -2.37. The predicted octanol–water partition coefficient (Wildman–Crippen LogP) is 3.48. The van der Waals surface area contributed by atoms with Gasteiger partial charge in [-0.15, -0.1) is 0 Å². The summed E-state index contributed by atoms with van der Waals surface area (Å²) in [6, 6.07) is 9.38. The van der Waals surface area contributed by atoms with Crippen LogP contribution in [0, 0.1) is 5.82 Å². The molecule has 6 rings (SSSR count). The SMILES string of the molecule is Cn1c(=O)c2c(-c3cccc(F)c3)n3c(c2n(C)c1=O)C(c1ccc(Cl)o1)O[C@@H](Cn1ccnc1)C3. The molecular formula is C25H21ClFN5O4. The molecule has 0 N–H and O–H groups in total. The van der Waals surface area contributed by atoms with Gasteiger partial charge in [0, 0.05) is 32.1 Å². The van der Waals surface area contributed by atoms with Gasteiger partial charge in [-0.1, -0.05) is 12.1 Å². The Morgan fingerprint density at radius 3 is 2.69 bits per heavy atom. The second-order valence-corrected chi connectivity index (χ2v) is 9.20. The number of fused-ring (bicyclic) bond motifs is 3. The maximum atomic E-state index is 14.4. The monoisotopic (exact) mass is 509 g/mol. The lowest BCUT2D eigenvalue weighted by Gasteiger charge is -2.32. The Balaban J connectivity index is 1.71. The van der Waals surface area contributed by atoms with Gasteiger partial charge in [0.15, 0.2) is 11.3 Å². The first-order valence-electron chi connectivity index (χ1n) is 11.3. The quantitative estimate of drug-likeness (QED) is 0.370. The Kier molecular flexibility index (Phi) is 5.24. The number of hydrogen-bond donors (Lipinski definition) is 0. The fraction of sp³-hybridized carbons (Fsp3) is 0.240. The highest BCUT2D eigenvalue weighted by molar-refractivity contribution is 6.28. The van der Waals surface area contributed by atoms with Crippen LogP contribution in [-0.4, -0.2) is 29.4 Å². The second-order valence-electron chi connectivity index (χ2n) is 8.82. The molecule has 0 fully saturated rings. The van der Waals surface area contributed by atoms with Crippen molar-refractivity contribution < 1.29 is 13.5 Å². The van der Waals surface area contributed by atoms with E-state index in [1.165, 1.54) is 23.7 Å². The smallest absolute Gasteiger partial charge is 0.331 e. The first kappa shape index (κ1) is 22.6. The van der Waals surface area contributed by atoms with Gasteiger partial charge in [-0.25, -0.2) is 14.2 Å². The number of hydrogen-bond acceptors (Lipinski definition) is 5. The molecule has 1 aliphatic rings. The van der Waals surface area contributed by atoms with Crippen LogP contribution in [0.2, 0.25) is 5.22 Å². The summed E-state index contributed by atoms with van der Waals surface area (Å²) in [6.45, 7) is 0.814. The number of rotatable bonds is 4. The number of ether oxygens (including phenoxy) is 1. The average Bonchev–Trinajstić information content (AvgIpc) is 3.60. The van der Waals surface area contributed by atoms with Gasteiger partial charge < -0.3 is 18.3 Å². The van der Waals surface area contributed by atoms with E-state index in [9.17, 15) is 14.0 Å². The number of benzene rings is 1. The minimum atomic E-state index is -0.776. The summed E-state index contributed by atoms with van der Waals surface area (Å²) < 4.78 is 32.9. The van der Waals surface area contributed by atoms with Gasteiger partial charge in [0.2, 0.25) is 0 Å². The van der Waals surface area contributed by atoms with Gasteiger partial charge in [0.25, 0.3) is 5.56 Å². The summed E-state index contributed by atoms with van der Waals surface area (Å²) >= 11 is 6.11. The first-order chi connectivity index (χ1) is 17.3. The zero-order valence-electron chi connectivity index (χ0n) is 19.4. The van der Waals surface area contributed by atoms with E-state index < -0.39 is 23.2 Å². The number of halogens is 2. The molecule has 0 saturated heterocycles. The molecule has 184 valence electrons. The largest absolute Gasteiger partial charge is 0.446 e. The van der Waals surface area contributed by atoms with E-state index in [0.717, 1.165) is 4.57 Å². The minimum Gasteiger partial charge on any atom is -0.446 e. The topological polar surface area (TPSA) is 89.1 Å². The van der Waals surface area contributed by atoms with Crippen LogP contribution in [0.25, 0.3) is 22.2 Å². The highest BCUT2D eigenvalue weighted by Gasteiger charge is 2.38. The summed E-state index contributed by atoms with van der Waals surface area (Å²) in [5, 5.41) is 0.484. The molecular weight excluding hydrogens is 489 g/mol. The number of imidazole rings is 1. The van der Waals surface area contributed by atoms with E-state index in [4.69, 9.17) is 20.8 Å². The van der Waals surface area contributed by atoms with Crippen LogP contribution >= 0.6 is 11.6 Å². The Morgan fingerprint density at radius 1 is 1.17 bits per heavy atom. The van der Waals surface area contributed by atoms with Gasteiger partial charge in [-0.2, -0.15) is 0 Å². The summed E-state index contributed by atoms with van der Waals surface area (Å²) in [4.78, 5) is 30.6. The van der Waals surface area contributed by atoms with Crippen LogP contribution in [0.1, 0.15) is 17.6 Å². The van der Waals surface area contributed by atoms with Crippen LogP contribution < -0.4 is 11.2 Å². The molecule has 4 aromatic heterocycles. The van der Waals surface area contributed by atoms with E-state index in [1.807, 2.05) is 15.3 Å². The fourth-order valence-electron chi connectivity index (χ4n) is 5.04. The molecule has 0 bridgehead atoms. The lowest BCUT2D eigenvalue weighted by atomic mass is 10.1. The Hall–Kier alpha value is -3.89. The van der Waals surface area contributed by atoms with Gasteiger partial charge >= 0.3 is 5.69 Å². The first-order valence-corrected chi connectivity index (χ1v) is 11.7. The third kappa shape index (κ3) is 3.44. The van der Waals surface area contributed by atoms with Crippen LogP contribution in [0.15, 0.2) is 69.1 Å². The highest BCUT2D eigenvalue weighted by atomic mass is 35.5. The maximum Gasteiger partial charge on any atom is 0.331 e. The van der Waals surface area contributed by atoms with Crippen molar-refractivity contribution in [2.75, 3.05) is 0 Å². The molecule has 36 heavy (non-hydrogen) atoms. The van der Waals surface area contributed by atoms with Gasteiger partial charge in [0.05, 0.1) is 47.8 Å². The van der Waals surface area contributed by atoms with Gasteiger partial charge in [-0.05, 0) is 35.9 Å². The van der Waals surface area contributed by atoms with Crippen molar-refractivity contribution in [3.8, 4) is 11.3 Å². The average molecular weight is 510 g/mol.